The number of hydrogen-bond acceptors (Lipinski definition) is 9. The Balaban J connectivity index is 1.18. The number of rotatable bonds is 25. The number of aliphatic hydroxyl groups excluding tert-OH is 5. The molecule has 0 bridgehead atoms. The zero-order chi connectivity index (χ0) is 33.3. The van der Waals surface area contributed by atoms with Gasteiger partial charge in [-0.25, -0.2) is 4.79 Å². The summed E-state index contributed by atoms with van der Waals surface area (Å²) in [5.74, 6) is -0.409. The highest BCUT2D eigenvalue weighted by molar-refractivity contribution is 5.90. The van der Waals surface area contributed by atoms with Gasteiger partial charge in [-0.3, -0.25) is 0 Å². The van der Waals surface area contributed by atoms with Gasteiger partial charge in [-0.15, -0.1) is 0 Å². The molecule has 0 spiro atoms. The van der Waals surface area contributed by atoms with Crippen LogP contribution < -0.4 is 0 Å². The summed E-state index contributed by atoms with van der Waals surface area (Å²) in [5.41, 5.74) is 0.437. The molecule has 2 saturated heterocycles. The number of cyclic esters (lactones) is 1. The average Bonchev–Trinajstić information content (AvgIpc) is 3.79. The second kappa shape index (κ2) is 21.8. The molecule has 9 nitrogen and oxygen atoms in total. The summed E-state index contributed by atoms with van der Waals surface area (Å²) in [4.78, 5) is 11.7. The summed E-state index contributed by atoms with van der Waals surface area (Å²) < 4.78 is 17.3. The van der Waals surface area contributed by atoms with Gasteiger partial charge in [-0.05, 0) is 70.8 Å². The molecule has 268 valence electrons. The molecular formula is C37H66O9. The lowest BCUT2D eigenvalue weighted by Gasteiger charge is -2.24. The molecule has 0 aromatic rings. The first kappa shape index (κ1) is 39.4. The van der Waals surface area contributed by atoms with Crippen LogP contribution in [-0.4, -0.2) is 92.5 Å². The van der Waals surface area contributed by atoms with E-state index in [1.807, 2.05) is 0 Å². The third-order valence-electron chi connectivity index (χ3n) is 10.3. The van der Waals surface area contributed by atoms with E-state index in [-0.39, 0.29) is 36.9 Å². The number of hydrogen-bond donors (Lipinski definition) is 5. The van der Waals surface area contributed by atoms with Crippen molar-refractivity contribution in [1.29, 1.82) is 0 Å². The van der Waals surface area contributed by atoms with E-state index < -0.39 is 36.5 Å². The van der Waals surface area contributed by atoms with Crippen LogP contribution >= 0.6 is 0 Å². The second-order valence-corrected chi connectivity index (χ2v) is 14.3. The molecule has 2 fully saturated rings. The van der Waals surface area contributed by atoms with Crippen LogP contribution in [0.1, 0.15) is 155 Å². The van der Waals surface area contributed by atoms with Crippen molar-refractivity contribution in [2.45, 2.75) is 216 Å². The van der Waals surface area contributed by atoms with Gasteiger partial charge in [0.05, 0.1) is 54.9 Å². The van der Waals surface area contributed by atoms with E-state index in [1.54, 1.807) is 13.0 Å². The van der Waals surface area contributed by atoms with Crippen molar-refractivity contribution in [3.8, 4) is 0 Å². The molecule has 0 aromatic carbocycles. The molecule has 0 unspecified atom stereocenters. The van der Waals surface area contributed by atoms with Gasteiger partial charge in [-0.1, -0.05) is 84.0 Å². The highest BCUT2D eigenvalue weighted by Crippen LogP contribution is 2.31. The fourth-order valence-corrected chi connectivity index (χ4v) is 7.28. The van der Waals surface area contributed by atoms with Crippen LogP contribution in [0.2, 0.25) is 0 Å². The van der Waals surface area contributed by atoms with Crippen LogP contribution in [0.25, 0.3) is 0 Å². The molecule has 10 atom stereocenters. The Kier molecular flexibility index (Phi) is 18.7. The quantitative estimate of drug-likeness (QED) is 0.0609. The lowest BCUT2D eigenvalue weighted by Crippen LogP contribution is -2.33. The lowest BCUT2D eigenvalue weighted by atomic mass is 9.98. The second-order valence-electron chi connectivity index (χ2n) is 14.3. The SMILES string of the molecule is CCCCCCCCCC[C@H](O)[C@H]1CC[C@@H]([C@@H](O)CC[C@H](O)[C@@H]2CC[C@@H](CCCCCC[C@H](O)[C@H](O)CC3=C[C@@H](C)OC3=O)O2)O1. The molecular weight excluding hydrogens is 588 g/mol. The van der Waals surface area contributed by atoms with Crippen LogP contribution in [-0.2, 0) is 19.0 Å². The van der Waals surface area contributed by atoms with Crippen LogP contribution in [0.4, 0.5) is 0 Å². The van der Waals surface area contributed by atoms with Crippen molar-refractivity contribution in [3.05, 3.63) is 11.6 Å². The van der Waals surface area contributed by atoms with E-state index in [0.717, 1.165) is 77.0 Å². The number of aliphatic hydroxyl groups is 5. The van der Waals surface area contributed by atoms with E-state index in [0.29, 0.717) is 24.8 Å². The number of carbonyl (C=O) groups excluding carboxylic acids is 1. The number of ether oxygens (including phenoxy) is 3. The fraction of sp³-hybridized carbons (Fsp3) is 0.919. The minimum absolute atomic E-state index is 0.119. The summed E-state index contributed by atoms with van der Waals surface area (Å²) in [6.45, 7) is 4.00. The molecule has 3 heterocycles. The molecule has 0 amide bonds. The minimum atomic E-state index is -0.967. The van der Waals surface area contributed by atoms with Crippen molar-refractivity contribution in [2.24, 2.45) is 0 Å². The van der Waals surface area contributed by atoms with Crippen LogP contribution in [0.5, 0.6) is 0 Å². The predicted molar refractivity (Wildman–Crippen MR) is 178 cm³/mol. The third kappa shape index (κ3) is 14.2. The maximum Gasteiger partial charge on any atom is 0.334 e. The largest absolute Gasteiger partial charge is 0.455 e. The van der Waals surface area contributed by atoms with Gasteiger partial charge in [0.25, 0.3) is 0 Å². The van der Waals surface area contributed by atoms with Gasteiger partial charge in [0.1, 0.15) is 6.10 Å². The maximum atomic E-state index is 11.7. The molecule has 0 radical (unpaired) electrons. The van der Waals surface area contributed by atoms with Gasteiger partial charge in [0.2, 0.25) is 0 Å². The molecule has 9 heteroatoms. The topological polar surface area (TPSA) is 146 Å². The van der Waals surface area contributed by atoms with Crippen LogP contribution in [0, 0.1) is 0 Å². The standard InChI is InChI=1S/C37H66O9/c1-3-4-5-6-7-8-9-14-17-30(39)35-22-23-36(46-35)32(41)20-19-31(40)34-21-18-28(45-34)15-12-10-11-13-16-29(38)33(42)25-27-24-26(2)44-37(27)43/h24,26,28-36,38-42H,3-23,25H2,1-2H3/t26-,28-,29+,30+,31+,32+,33-,34+,35-,36+/m1/s1. The zero-order valence-electron chi connectivity index (χ0n) is 28.8. The molecule has 5 N–H and O–H groups in total. The first-order valence-electron chi connectivity index (χ1n) is 18.8. The van der Waals surface area contributed by atoms with Crippen molar-refractivity contribution >= 4 is 5.97 Å². The third-order valence-corrected chi connectivity index (χ3v) is 10.3. The number of carbonyl (C=O) groups is 1. The normalized spacial score (nSPS) is 28.2. The van der Waals surface area contributed by atoms with Crippen molar-refractivity contribution in [2.75, 3.05) is 0 Å². The maximum absolute atomic E-state index is 11.7. The van der Waals surface area contributed by atoms with Gasteiger partial charge < -0.3 is 39.7 Å². The van der Waals surface area contributed by atoms with Gasteiger partial charge in [-0.2, -0.15) is 0 Å². The molecule has 0 aliphatic carbocycles. The Morgan fingerprint density at radius 3 is 1.78 bits per heavy atom. The van der Waals surface area contributed by atoms with Crippen molar-refractivity contribution in [1.82, 2.24) is 0 Å². The highest BCUT2D eigenvalue weighted by atomic mass is 16.5. The minimum Gasteiger partial charge on any atom is -0.455 e. The molecule has 0 aromatic heterocycles. The van der Waals surface area contributed by atoms with Gasteiger partial charge in [0, 0.05) is 12.0 Å². The Hall–Kier alpha value is -1.07. The summed E-state index contributed by atoms with van der Waals surface area (Å²) in [7, 11) is 0. The van der Waals surface area contributed by atoms with Crippen molar-refractivity contribution < 1.29 is 44.5 Å². The van der Waals surface area contributed by atoms with E-state index in [2.05, 4.69) is 6.92 Å². The predicted octanol–water partition coefficient (Wildman–Crippen LogP) is 5.80. The van der Waals surface area contributed by atoms with E-state index in [4.69, 9.17) is 14.2 Å². The molecule has 3 aliphatic rings. The molecule has 3 rings (SSSR count). The Bertz CT molecular complexity index is 866. The average molecular weight is 655 g/mol. The smallest absolute Gasteiger partial charge is 0.334 e. The Morgan fingerprint density at radius 2 is 1.17 bits per heavy atom. The van der Waals surface area contributed by atoms with E-state index >= 15 is 0 Å². The fourth-order valence-electron chi connectivity index (χ4n) is 7.28. The molecule has 0 saturated carbocycles. The van der Waals surface area contributed by atoms with E-state index in [9.17, 15) is 30.3 Å². The van der Waals surface area contributed by atoms with Crippen LogP contribution in [0.15, 0.2) is 11.6 Å². The summed E-state index contributed by atoms with van der Waals surface area (Å²) in [5, 5.41) is 52.7. The Morgan fingerprint density at radius 1 is 0.652 bits per heavy atom. The lowest BCUT2D eigenvalue weighted by molar-refractivity contribution is -0.139. The first-order valence-corrected chi connectivity index (χ1v) is 18.8. The summed E-state index contributed by atoms with van der Waals surface area (Å²) in [6, 6.07) is 0. The molecule has 3 aliphatic heterocycles. The number of unbranched alkanes of at least 4 members (excludes halogenated alkanes) is 10. The number of esters is 1. The molecule has 46 heavy (non-hydrogen) atoms. The summed E-state index contributed by atoms with van der Waals surface area (Å²) in [6.07, 6.45) is 17.5. The summed E-state index contributed by atoms with van der Waals surface area (Å²) >= 11 is 0. The monoisotopic (exact) mass is 654 g/mol. The highest BCUT2D eigenvalue weighted by Gasteiger charge is 2.36. The zero-order valence-corrected chi connectivity index (χ0v) is 28.8. The van der Waals surface area contributed by atoms with E-state index in [1.165, 1.54) is 38.5 Å². The Labute approximate surface area is 278 Å². The first-order chi connectivity index (χ1) is 22.2. The van der Waals surface area contributed by atoms with Crippen LogP contribution in [0.3, 0.4) is 0 Å². The van der Waals surface area contributed by atoms with Gasteiger partial charge >= 0.3 is 5.97 Å². The van der Waals surface area contributed by atoms with Crippen molar-refractivity contribution in [3.63, 3.8) is 0 Å². The van der Waals surface area contributed by atoms with Gasteiger partial charge in [0.15, 0.2) is 0 Å².